The van der Waals surface area contributed by atoms with Crippen molar-refractivity contribution in [2.75, 3.05) is 6.54 Å². The minimum atomic E-state index is -0.404. The van der Waals surface area contributed by atoms with E-state index >= 15 is 0 Å². The molecule has 0 radical (unpaired) electrons. The van der Waals surface area contributed by atoms with Gasteiger partial charge < -0.3 is 10.6 Å². The van der Waals surface area contributed by atoms with Gasteiger partial charge in [0.2, 0.25) is 11.8 Å². The van der Waals surface area contributed by atoms with Crippen molar-refractivity contribution in [1.82, 2.24) is 4.90 Å². The third kappa shape index (κ3) is 3.72. The number of unbranched alkanes of at least 4 members (excludes halogenated alkanes) is 2. The van der Waals surface area contributed by atoms with Crippen LogP contribution >= 0.6 is 0 Å². The number of rotatable bonds is 7. The van der Waals surface area contributed by atoms with E-state index in [1.165, 1.54) is 19.3 Å². The molecule has 17 heavy (non-hydrogen) atoms. The van der Waals surface area contributed by atoms with E-state index in [2.05, 4.69) is 6.92 Å². The Labute approximate surface area is 104 Å². The Kier molecular flexibility index (Phi) is 5.45. The fourth-order valence-corrected chi connectivity index (χ4v) is 2.56. The van der Waals surface area contributed by atoms with Gasteiger partial charge in [-0.3, -0.25) is 9.59 Å². The van der Waals surface area contributed by atoms with Gasteiger partial charge in [-0.25, -0.2) is 0 Å². The van der Waals surface area contributed by atoms with E-state index in [9.17, 15) is 9.59 Å². The maximum atomic E-state index is 11.8. The van der Waals surface area contributed by atoms with Gasteiger partial charge in [-0.1, -0.05) is 33.1 Å². The van der Waals surface area contributed by atoms with Gasteiger partial charge in [0.15, 0.2) is 0 Å². The van der Waals surface area contributed by atoms with E-state index in [0.29, 0.717) is 25.3 Å². The molecule has 1 heterocycles. The number of hydrogen-bond donors (Lipinski definition) is 1. The van der Waals surface area contributed by atoms with Crippen LogP contribution in [-0.4, -0.2) is 29.3 Å². The molecule has 1 aliphatic rings. The highest BCUT2D eigenvalue weighted by Gasteiger charge is 2.35. The predicted octanol–water partition coefficient (Wildman–Crippen LogP) is 1.68. The third-order valence-electron chi connectivity index (χ3n) is 3.55. The molecule has 0 aliphatic carbocycles. The maximum absolute atomic E-state index is 11.8. The topological polar surface area (TPSA) is 63.4 Å². The molecule has 0 aromatic heterocycles. The second-order valence-electron chi connectivity index (χ2n) is 4.94. The maximum Gasteiger partial charge on any atom is 0.240 e. The smallest absolute Gasteiger partial charge is 0.240 e. The highest BCUT2D eigenvalue weighted by Crippen LogP contribution is 2.25. The lowest BCUT2D eigenvalue weighted by atomic mass is 10.0. The molecule has 0 saturated carbocycles. The van der Waals surface area contributed by atoms with Gasteiger partial charge in [-0.05, 0) is 18.8 Å². The molecule has 0 aromatic carbocycles. The first-order valence-electron chi connectivity index (χ1n) is 6.68. The predicted molar refractivity (Wildman–Crippen MR) is 67.2 cm³/mol. The van der Waals surface area contributed by atoms with Gasteiger partial charge in [0.25, 0.3) is 0 Å². The monoisotopic (exact) mass is 240 g/mol. The Hall–Kier alpha value is -1.06. The van der Waals surface area contributed by atoms with Crippen LogP contribution in [0.15, 0.2) is 0 Å². The minimum Gasteiger partial charge on any atom is -0.368 e. The van der Waals surface area contributed by atoms with Crippen LogP contribution in [0.2, 0.25) is 0 Å². The standard InChI is InChI=1S/C13H24N2O2/c1-3-5-6-7-10-8-12(16)15(9-10)11(4-2)13(14)17/h10-11H,3-9H2,1-2H3,(H2,14,17). The van der Waals surface area contributed by atoms with Crippen molar-refractivity contribution in [3.8, 4) is 0 Å². The molecular formula is C13H24N2O2. The van der Waals surface area contributed by atoms with Crippen LogP contribution in [0.25, 0.3) is 0 Å². The Morgan fingerprint density at radius 2 is 2.18 bits per heavy atom. The van der Waals surface area contributed by atoms with E-state index in [0.717, 1.165) is 6.42 Å². The van der Waals surface area contributed by atoms with Crippen LogP contribution in [0.3, 0.4) is 0 Å². The lowest BCUT2D eigenvalue weighted by Gasteiger charge is -2.24. The third-order valence-corrected chi connectivity index (χ3v) is 3.55. The van der Waals surface area contributed by atoms with Crippen molar-refractivity contribution < 1.29 is 9.59 Å². The number of carbonyl (C=O) groups is 2. The summed E-state index contributed by atoms with van der Waals surface area (Å²) in [4.78, 5) is 24.8. The Balaban J connectivity index is 2.48. The van der Waals surface area contributed by atoms with Crippen molar-refractivity contribution in [1.29, 1.82) is 0 Å². The molecule has 2 unspecified atom stereocenters. The van der Waals surface area contributed by atoms with Gasteiger partial charge in [0.1, 0.15) is 6.04 Å². The lowest BCUT2D eigenvalue weighted by Crippen LogP contribution is -2.45. The molecule has 4 nitrogen and oxygen atoms in total. The van der Waals surface area contributed by atoms with Crippen LogP contribution < -0.4 is 5.73 Å². The Morgan fingerprint density at radius 3 is 2.71 bits per heavy atom. The van der Waals surface area contributed by atoms with E-state index < -0.39 is 6.04 Å². The normalized spacial score (nSPS) is 21.9. The van der Waals surface area contributed by atoms with E-state index in [1.807, 2.05) is 6.92 Å². The Bertz CT molecular complexity index is 279. The van der Waals surface area contributed by atoms with Crippen molar-refractivity contribution in [3.63, 3.8) is 0 Å². The highest BCUT2D eigenvalue weighted by atomic mass is 16.2. The van der Waals surface area contributed by atoms with Gasteiger partial charge in [-0.2, -0.15) is 0 Å². The average molecular weight is 240 g/mol. The summed E-state index contributed by atoms with van der Waals surface area (Å²) in [6.07, 6.45) is 5.89. The largest absolute Gasteiger partial charge is 0.368 e. The zero-order valence-corrected chi connectivity index (χ0v) is 10.9. The summed E-state index contributed by atoms with van der Waals surface area (Å²) >= 11 is 0. The fourth-order valence-electron chi connectivity index (χ4n) is 2.56. The molecule has 0 bridgehead atoms. The number of amides is 2. The first-order valence-corrected chi connectivity index (χ1v) is 6.68. The molecule has 1 rings (SSSR count). The van der Waals surface area contributed by atoms with Gasteiger partial charge in [-0.15, -0.1) is 0 Å². The number of nitrogens with two attached hydrogens (primary N) is 1. The molecule has 1 fully saturated rings. The SMILES string of the molecule is CCCCCC1CC(=O)N(C(CC)C(N)=O)C1. The second-order valence-corrected chi connectivity index (χ2v) is 4.94. The average Bonchev–Trinajstić information content (AvgIpc) is 2.61. The number of hydrogen-bond acceptors (Lipinski definition) is 2. The van der Waals surface area contributed by atoms with Gasteiger partial charge >= 0.3 is 0 Å². The second kappa shape index (κ2) is 6.62. The molecule has 0 aromatic rings. The molecule has 2 N–H and O–H groups in total. The first kappa shape index (κ1) is 14.0. The van der Waals surface area contributed by atoms with Gasteiger partial charge in [0, 0.05) is 13.0 Å². The van der Waals surface area contributed by atoms with E-state index in [1.54, 1.807) is 4.90 Å². The van der Waals surface area contributed by atoms with Crippen molar-refractivity contribution in [2.45, 2.75) is 58.4 Å². The number of likely N-dealkylation sites (tertiary alicyclic amines) is 1. The zero-order chi connectivity index (χ0) is 12.8. The Morgan fingerprint density at radius 1 is 1.47 bits per heavy atom. The van der Waals surface area contributed by atoms with Crippen molar-refractivity contribution in [3.05, 3.63) is 0 Å². The summed E-state index contributed by atoms with van der Waals surface area (Å²) in [5, 5.41) is 0. The summed E-state index contributed by atoms with van der Waals surface area (Å²) < 4.78 is 0. The van der Waals surface area contributed by atoms with Crippen molar-refractivity contribution >= 4 is 11.8 Å². The highest BCUT2D eigenvalue weighted by molar-refractivity contribution is 5.87. The fraction of sp³-hybridized carbons (Fsp3) is 0.846. The molecule has 1 saturated heterocycles. The summed E-state index contributed by atoms with van der Waals surface area (Å²) in [6.45, 7) is 4.78. The number of nitrogens with zero attached hydrogens (tertiary/aromatic N) is 1. The van der Waals surface area contributed by atoms with Crippen LogP contribution in [0.5, 0.6) is 0 Å². The molecule has 4 heteroatoms. The summed E-state index contributed by atoms with van der Waals surface area (Å²) in [5.41, 5.74) is 5.32. The molecule has 2 atom stereocenters. The quantitative estimate of drug-likeness (QED) is 0.688. The van der Waals surface area contributed by atoms with Gasteiger partial charge in [0.05, 0.1) is 0 Å². The molecule has 1 aliphatic heterocycles. The van der Waals surface area contributed by atoms with Crippen LogP contribution in [0.4, 0.5) is 0 Å². The summed E-state index contributed by atoms with van der Waals surface area (Å²) in [7, 11) is 0. The van der Waals surface area contributed by atoms with E-state index in [4.69, 9.17) is 5.73 Å². The minimum absolute atomic E-state index is 0.0946. The number of primary amides is 1. The molecule has 0 spiro atoms. The molecular weight excluding hydrogens is 216 g/mol. The lowest BCUT2D eigenvalue weighted by molar-refractivity contribution is -0.136. The van der Waals surface area contributed by atoms with Crippen LogP contribution in [0, 0.1) is 5.92 Å². The van der Waals surface area contributed by atoms with E-state index in [-0.39, 0.29) is 11.8 Å². The summed E-state index contributed by atoms with van der Waals surface area (Å²) in [5.74, 6) is 0.134. The van der Waals surface area contributed by atoms with Crippen LogP contribution in [-0.2, 0) is 9.59 Å². The molecule has 2 amide bonds. The number of carbonyl (C=O) groups excluding carboxylic acids is 2. The van der Waals surface area contributed by atoms with Crippen LogP contribution in [0.1, 0.15) is 52.4 Å². The zero-order valence-electron chi connectivity index (χ0n) is 10.9. The molecule has 98 valence electrons. The first-order chi connectivity index (χ1) is 8.10. The summed E-state index contributed by atoms with van der Waals surface area (Å²) in [6, 6.07) is -0.404. The van der Waals surface area contributed by atoms with Crippen molar-refractivity contribution in [2.24, 2.45) is 11.7 Å².